The molecule has 1 aromatic heterocycles. The van der Waals surface area contributed by atoms with Crippen molar-refractivity contribution in [2.45, 2.75) is 52.1 Å². The fourth-order valence-electron chi connectivity index (χ4n) is 3.47. The third kappa shape index (κ3) is 4.69. The van der Waals surface area contributed by atoms with Gasteiger partial charge in [-0.1, -0.05) is 19.1 Å². The number of fused-ring (bicyclic) bond motifs is 1. The van der Waals surface area contributed by atoms with Crippen LogP contribution in [0.15, 0.2) is 30.5 Å². The van der Waals surface area contributed by atoms with E-state index < -0.39 is 5.41 Å². The number of hydrogen-bond donors (Lipinski definition) is 2. The molecule has 0 aliphatic carbocycles. The molecule has 2 heterocycles. The fourth-order valence-corrected chi connectivity index (χ4v) is 3.47. The van der Waals surface area contributed by atoms with Crippen LogP contribution in [0.1, 0.15) is 45.2 Å². The van der Waals surface area contributed by atoms with Crippen molar-refractivity contribution >= 4 is 29.3 Å². The Labute approximate surface area is 184 Å². The minimum absolute atomic E-state index is 0.0418. The van der Waals surface area contributed by atoms with Gasteiger partial charge in [0.2, 0.25) is 17.8 Å². The van der Waals surface area contributed by atoms with E-state index in [2.05, 4.69) is 27.5 Å². The van der Waals surface area contributed by atoms with Crippen molar-refractivity contribution in [1.29, 1.82) is 0 Å². The number of rotatable bonds is 8. The summed E-state index contributed by atoms with van der Waals surface area (Å²) < 4.78 is 0. The number of aromatic nitrogens is 2. The summed E-state index contributed by atoms with van der Waals surface area (Å²) in [7, 11) is 3.48. The summed E-state index contributed by atoms with van der Waals surface area (Å²) in [4.78, 5) is 37.1. The monoisotopic (exact) mass is 424 g/mol. The lowest BCUT2D eigenvalue weighted by molar-refractivity contribution is -0.127. The van der Waals surface area contributed by atoms with Crippen LogP contribution in [-0.2, 0) is 21.5 Å². The molecule has 2 N–H and O–H groups in total. The Morgan fingerprint density at radius 2 is 1.90 bits per heavy atom. The Morgan fingerprint density at radius 1 is 1.23 bits per heavy atom. The topological polar surface area (TPSA) is 90.5 Å². The average molecular weight is 425 g/mol. The Bertz CT molecular complexity index is 955. The fraction of sp³-hybridized carbons (Fsp3) is 0.478. The van der Waals surface area contributed by atoms with E-state index in [0.717, 1.165) is 23.2 Å². The Balaban J connectivity index is 1.71. The van der Waals surface area contributed by atoms with Gasteiger partial charge in [-0.05, 0) is 44.9 Å². The number of nitrogens with zero attached hydrogens (tertiary/aromatic N) is 4. The summed E-state index contributed by atoms with van der Waals surface area (Å²) >= 11 is 0. The van der Waals surface area contributed by atoms with E-state index in [1.54, 1.807) is 30.1 Å². The standard InChI is InChI=1S/C23H32N6O2/c1-7-15(2)29-20-18(23(3,4)21(29)31)13-25-22(27-20)26-17-10-8-16(9-11-17)12-24-14-19(30)28(5)6/h8-11,13,15,24H,7,12,14H2,1-6H3,(H,25,26,27)/t15-/m0/s1. The highest BCUT2D eigenvalue weighted by molar-refractivity contribution is 6.07. The van der Waals surface area contributed by atoms with Crippen molar-refractivity contribution in [2.75, 3.05) is 30.9 Å². The van der Waals surface area contributed by atoms with Crippen LogP contribution in [0.3, 0.4) is 0 Å². The summed E-state index contributed by atoms with van der Waals surface area (Å²) in [6.07, 6.45) is 2.61. The van der Waals surface area contributed by atoms with Gasteiger partial charge in [0.1, 0.15) is 5.82 Å². The van der Waals surface area contributed by atoms with Crippen molar-refractivity contribution < 1.29 is 9.59 Å². The number of anilines is 3. The zero-order chi connectivity index (χ0) is 22.8. The van der Waals surface area contributed by atoms with Gasteiger partial charge in [-0.3, -0.25) is 14.5 Å². The quantitative estimate of drug-likeness (QED) is 0.677. The zero-order valence-electron chi connectivity index (χ0n) is 19.2. The van der Waals surface area contributed by atoms with Gasteiger partial charge in [0.05, 0.1) is 12.0 Å². The summed E-state index contributed by atoms with van der Waals surface area (Å²) in [5.74, 6) is 1.25. The summed E-state index contributed by atoms with van der Waals surface area (Å²) in [6.45, 7) is 8.86. The van der Waals surface area contributed by atoms with E-state index in [4.69, 9.17) is 0 Å². The van der Waals surface area contributed by atoms with Gasteiger partial charge in [-0.2, -0.15) is 4.98 Å². The lowest BCUT2D eigenvalue weighted by Crippen LogP contribution is -2.41. The molecule has 2 aromatic rings. The SMILES string of the molecule is CC[C@H](C)N1C(=O)C(C)(C)c2cnc(Nc3ccc(CNCC(=O)N(C)C)cc3)nc21. The van der Waals surface area contributed by atoms with Crippen molar-refractivity contribution in [3.63, 3.8) is 0 Å². The third-order valence-corrected chi connectivity index (χ3v) is 5.77. The number of likely N-dealkylation sites (N-methyl/N-ethyl adjacent to an activating group) is 1. The second-order valence-electron chi connectivity index (χ2n) is 8.70. The second kappa shape index (κ2) is 9.01. The molecule has 0 bridgehead atoms. The number of hydrogen-bond acceptors (Lipinski definition) is 6. The maximum atomic E-state index is 13.0. The van der Waals surface area contributed by atoms with Crippen molar-refractivity contribution in [2.24, 2.45) is 0 Å². The van der Waals surface area contributed by atoms with E-state index in [1.165, 1.54) is 0 Å². The van der Waals surface area contributed by atoms with Crippen molar-refractivity contribution in [3.05, 3.63) is 41.6 Å². The first-order valence-electron chi connectivity index (χ1n) is 10.6. The number of amides is 2. The van der Waals surface area contributed by atoms with Gasteiger partial charge in [0, 0.05) is 44.1 Å². The number of benzene rings is 1. The molecule has 1 atom stereocenters. The molecule has 8 heteroatoms. The van der Waals surface area contributed by atoms with Gasteiger partial charge in [0.25, 0.3) is 0 Å². The zero-order valence-corrected chi connectivity index (χ0v) is 19.2. The van der Waals surface area contributed by atoms with E-state index in [1.807, 2.05) is 45.0 Å². The van der Waals surface area contributed by atoms with Crippen LogP contribution >= 0.6 is 0 Å². The molecule has 3 rings (SSSR count). The van der Waals surface area contributed by atoms with Gasteiger partial charge in [0.15, 0.2) is 0 Å². The van der Waals surface area contributed by atoms with Crippen LogP contribution in [-0.4, -0.2) is 53.4 Å². The second-order valence-corrected chi connectivity index (χ2v) is 8.70. The molecule has 0 spiro atoms. The molecule has 166 valence electrons. The molecule has 0 saturated heterocycles. The van der Waals surface area contributed by atoms with Crippen LogP contribution in [0.25, 0.3) is 0 Å². The Kier molecular flexibility index (Phi) is 6.59. The van der Waals surface area contributed by atoms with Crippen LogP contribution in [0.2, 0.25) is 0 Å². The first-order chi connectivity index (χ1) is 14.6. The number of nitrogens with one attached hydrogen (secondary N) is 2. The maximum Gasteiger partial charge on any atom is 0.238 e. The predicted molar refractivity (Wildman–Crippen MR) is 122 cm³/mol. The molecule has 0 saturated carbocycles. The van der Waals surface area contributed by atoms with Crippen molar-refractivity contribution in [1.82, 2.24) is 20.2 Å². The summed E-state index contributed by atoms with van der Waals surface area (Å²) in [5.41, 5.74) is 2.16. The Hall–Kier alpha value is -3.00. The van der Waals surface area contributed by atoms with Gasteiger partial charge in [-0.15, -0.1) is 0 Å². The molecular weight excluding hydrogens is 392 g/mol. The number of carbonyl (C=O) groups is 2. The van der Waals surface area contributed by atoms with E-state index in [0.29, 0.717) is 24.9 Å². The van der Waals surface area contributed by atoms with E-state index >= 15 is 0 Å². The highest BCUT2D eigenvalue weighted by Gasteiger charge is 2.46. The number of carbonyl (C=O) groups excluding carboxylic acids is 2. The lowest BCUT2D eigenvalue weighted by Gasteiger charge is -2.25. The molecule has 1 aliphatic heterocycles. The molecule has 0 unspecified atom stereocenters. The molecule has 31 heavy (non-hydrogen) atoms. The Morgan fingerprint density at radius 3 is 2.52 bits per heavy atom. The van der Waals surface area contributed by atoms with Gasteiger partial charge in [-0.25, -0.2) is 4.98 Å². The lowest BCUT2D eigenvalue weighted by atomic mass is 9.88. The first kappa shape index (κ1) is 22.7. The minimum atomic E-state index is -0.625. The minimum Gasteiger partial charge on any atom is -0.348 e. The average Bonchev–Trinajstić information content (AvgIpc) is 2.94. The van der Waals surface area contributed by atoms with Crippen LogP contribution < -0.4 is 15.5 Å². The third-order valence-electron chi connectivity index (χ3n) is 5.77. The van der Waals surface area contributed by atoms with Crippen LogP contribution in [0.5, 0.6) is 0 Å². The maximum absolute atomic E-state index is 13.0. The molecule has 0 radical (unpaired) electrons. The van der Waals surface area contributed by atoms with Crippen molar-refractivity contribution in [3.8, 4) is 0 Å². The van der Waals surface area contributed by atoms with Gasteiger partial charge >= 0.3 is 0 Å². The molecular formula is C23H32N6O2. The van der Waals surface area contributed by atoms with E-state index in [9.17, 15) is 9.59 Å². The molecule has 8 nitrogen and oxygen atoms in total. The smallest absolute Gasteiger partial charge is 0.238 e. The predicted octanol–water partition coefficient (Wildman–Crippen LogP) is 2.82. The van der Waals surface area contributed by atoms with Crippen LogP contribution in [0.4, 0.5) is 17.5 Å². The highest BCUT2D eigenvalue weighted by Crippen LogP contribution is 2.41. The normalized spacial score (nSPS) is 15.5. The highest BCUT2D eigenvalue weighted by atomic mass is 16.2. The van der Waals surface area contributed by atoms with Gasteiger partial charge < -0.3 is 15.5 Å². The molecule has 1 aromatic carbocycles. The van der Waals surface area contributed by atoms with E-state index in [-0.39, 0.29) is 17.9 Å². The molecule has 1 aliphatic rings. The first-order valence-corrected chi connectivity index (χ1v) is 10.6. The largest absolute Gasteiger partial charge is 0.348 e. The van der Waals surface area contributed by atoms with Crippen LogP contribution in [0, 0.1) is 0 Å². The summed E-state index contributed by atoms with van der Waals surface area (Å²) in [5, 5.41) is 6.37. The molecule has 2 amide bonds. The molecule has 0 fully saturated rings. The summed E-state index contributed by atoms with van der Waals surface area (Å²) in [6, 6.07) is 7.94.